The first-order chi connectivity index (χ1) is 10.6. The second-order valence-electron chi connectivity index (χ2n) is 6.04. The molecule has 2 aliphatic heterocycles. The Morgan fingerprint density at radius 1 is 1.36 bits per heavy atom. The minimum atomic E-state index is -0.195. The summed E-state index contributed by atoms with van der Waals surface area (Å²) in [7, 11) is 1.62. The lowest BCUT2D eigenvalue weighted by Gasteiger charge is -2.44. The molecule has 22 heavy (non-hydrogen) atoms. The van der Waals surface area contributed by atoms with Crippen molar-refractivity contribution in [3.8, 4) is 0 Å². The quantitative estimate of drug-likeness (QED) is 0.904. The number of hydrogen-bond donors (Lipinski definition) is 1. The maximum atomic E-state index is 12.1. The van der Waals surface area contributed by atoms with E-state index in [-0.39, 0.29) is 23.8 Å². The highest BCUT2D eigenvalue weighted by Gasteiger charge is 2.41. The number of hydrogen-bond acceptors (Lipinski definition) is 3. The zero-order valence-electron chi connectivity index (χ0n) is 12.6. The Kier molecular flexibility index (Phi) is 4.36. The monoisotopic (exact) mass is 321 g/mol. The van der Waals surface area contributed by atoms with Gasteiger partial charge in [-0.1, -0.05) is 23.7 Å². The van der Waals surface area contributed by atoms with Crippen molar-refractivity contribution in [3.63, 3.8) is 0 Å². The SMILES string of the molecule is CNC(=O)C1CC(=O)N(C2CN(Cc3cccc(Cl)c3)C2)C1. The summed E-state index contributed by atoms with van der Waals surface area (Å²) in [4.78, 5) is 27.9. The van der Waals surface area contributed by atoms with Gasteiger partial charge in [-0.05, 0) is 17.7 Å². The molecule has 1 aromatic carbocycles. The van der Waals surface area contributed by atoms with Crippen molar-refractivity contribution >= 4 is 23.4 Å². The fraction of sp³-hybridized carbons (Fsp3) is 0.500. The van der Waals surface area contributed by atoms with Crippen LogP contribution in [0.15, 0.2) is 24.3 Å². The fourth-order valence-corrected chi connectivity index (χ4v) is 3.44. The van der Waals surface area contributed by atoms with E-state index in [1.165, 1.54) is 5.56 Å². The van der Waals surface area contributed by atoms with E-state index in [0.717, 1.165) is 24.7 Å². The van der Waals surface area contributed by atoms with E-state index in [0.29, 0.717) is 13.0 Å². The maximum absolute atomic E-state index is 12.1. The molecule has 0 spiro atoms. The van der Waals surface area contributed by atoms with Crippen molar-refractivity contribution in [2.75, 3.05) is 26.7 Å². The van der Waals surface area contributed by atoms with Crippen LogP contribution in [-0.2, 0) is 16.1 Å². The molecular weight excluding hydrogens is 302 g/mol. The molecule has 2 fully saturated rings. The number of carbonyl (C=O) groups is 2. The lowest BCUT2D eigenvalue weighted by atomic mass is 10.1. The van der Waals surface area contributed by atoms with Crippen LogP contribution in [0, 0.1) is 5.92 Å². The Morgan fingerprint density at radius 3 is 2.82 bits per heavy atom. The first-order valence-corrected chi connectivity index (χ1v) is 7.92. The van der Waals surface area contributed by atoms with Crippen molar-refractivity contribution in [2.24, 2.45) is 5.92 Å². The first-order valence-electron chi connectivity index (χ1n) is 7.54. The van der Waals surface area contributed by atoms with Gasteiger partial charge in [0.25, 0.3) is 0 Å². The topological polar surface area (TPSA) is 52.7 Å². The first kappa shape index (κ1) is 15.3. The van der Waals surface area contributed by atoms with Gasteiger partial charge in [-0.15, -0.1) is 0 Å². The van der Waals surface area contributed by atoms with Crippen LogP contribution in [0.2, 0.25) is 5.02 Å². The second-order valence-corrected chi connectivity index (χ2v) is 6.48. The molecule has 2 amide bonds. The lowest BCUT2D eigenvalue weighted by molar-refractivity contribution is -0.133. The van der Waals surface area contributed by atoms with E-state index in [9.17, 15) is 9.59 Å². The van der Waals surface area contributed by atoms with E-state index in [1.54, 1.807) is 7.05 Å². The van der Waals surface area contributed by atoms with Crippen LogP contribution in [0.3, 0.4) is 0 Å². The Morgan fingerprint density at radius 2 is 2.14 bits per heavy atom. The van der Waals surface area contributed by atoms with Crippen molar-refractivity contribution in [3.05, 3.63) is 34.9 Å². The summed E-state index contributed by atoms with van der Waals surface area (Å²) in [5.74, 6) is -0.133. The zero-order valence-corrected chi connectivity index (χ0v) is 13.3. The molecule has 5 nitrogen and oxygen atoms in total. The summed E-state index contributed by atoms with van der Waals surface area (Å²) < 4.78 is 0. The highest BCUT2D eigenvalue weighted by atomic mass is 35.5. The van der Waals surface area contributed by atoms with Gasteiger partial charge in [0, 0.05) is 44.7 Å². The summed E-state index contributed by atoms with van der Waals surface area (Å²) in [5, 5.41) is 3.38. The number of carbonyl (C=O) groups excluding carboxylic acids is 2. The molecular formula is C16H20ClN3O2. The van der Waals surface area contributed by atoms with Gasteiger partial charge < -0.3 is 10.2 Å². The fourth-order valence-electron chi connectivity index (χ4n) is 3.23. The molecule has 0 aliphatic carbocycles. The van der Waals surface area contributed by atoms with Crippen LogP contribution >= 0.6 is 11.6 Å². The zero-order chi connectivity index (χ0) is 15.7. The summed E-state index contributed by atoms with van der Waals surface area (Å²) in [6, 6.07) is 8.08. The number of benzene rings is 1. The molecule has 3 rings (SSSR count). The number of rotatable bonds is 4. The molecule has 2 heterocycles. The van der Waals surface area contributed by atoms with E-state index >= 15 is 0 Å². The van der Waals surface area contributed by atoms with Crippen molar-refractivity contribution in [1.29, 1.82) is 0 Å². The van der Waals surface area contributed by atoms with Gasteiger partial charge in [0.15, 0.2) is 0 Å². The summed E-state index contributed by atoms with van der Waals surface area (Å²) in [6.45, 7) is 3.11. The summed E-state index contributed by atoms with van der Waals surface area (Å²) in [5.41, 5.74) is 1.18. The number of amides is 2. The molecule has 0 radical (unpaired) electrons. The summed E-state index contributed by atoms with van der Waals surface area (Å²) in [6.07, 6.45) is 0.338. The minimum absolute atomic E-state index is 0.0362. The van der Waals surface area contributed by atoms with Gasteiger partial charge in [-0.25, -0.2) is 0 Å². The third-order valence-electron chi connectivity index (χ3n) is 4.45. The Hall–Kier alpha value is -1.59. The molecule has 0 bridgehead atoms. The largest absolute Gasteiger partial charge is 0.359 e. The smallest absolute Gasteiger partial charge is 0.225 e. The van der Waals surface area contributed by atoms with Crippen LogP contribution in [-0.4, -0.2) is 54.3 Å². The molecule has 2 aliphatic rings. The predicted molar refractivity (Wildman–Crippen MR) is 84.4 cm³/mol. The van der Waals surface area contributed by atoms with E-state index in [1.807, 2.05) is 23.1 Å². The van der Waals surface area contributed by atoms with Crippen LogP contribution in [0.25, 0.3) is 0 Å². The highest BCUT2D eigenvalue weighted by Crippen LogP contribution is 2.26. The molecule has 118 valence electrons. The molecule has 0 saturated carbocycles. The van der Waals surface area contributed by atoms with Crippen molar-refractivity contribution in [1.82, 2.24) is 15.1 Å². The number of halogens is 1. The van der Waals surface area contributed by atoms with Crippen molar-refractivity contribution < 1.29 is 9.59 Å². The molecule has 6 heteroatoms. The van der Waals surface area contributed by atoms with Gasteiger partial charge in [0.2, 0.25) is 11.8 Å². The van der Waals surface area contributed by atoms with Crippen LogP contribution in [0.1, 0.15) is 12.0 Å². The van der Waals surface area contributed by atoms with Crippen LogP contribution < -0.4 is 5.32 Å². The maximum Gasteiger partial charge on any atom is 0.225 e. The highest BCUT2D eigenvalue weighted by molar-refractivity contribution is 6.30. The number of likely N-dealkylation sites (tertiary alicyclic amines) is 2. The molecule has 0 aromatic heterocycles. The Balaban J connectivity index is 1.51. The van der Waals surface area contributed by atoms with Gasteiger partial charge >= 0.3 is 0 Å². The van der Waals surface area contributed by atoms with Crippen LogP contribution in [0.4, 0.5) is 0 Å². The van der Waals surface area contributed by atoms with E-state index in [4.69, 9.17) is 11.6 Å². The van der Waals surface area contributed by atoms with E-state index < -0.39 is 0 Å². The third-order valence-corrected chi connectivity index (χ3v) is 4.68. The number of nitrogens with zero attached hydrogens (tertiary/aromatic N) is 2. The molecule has 1 unspecified atom stereocenters. The van der Waals surface area contributed by atoms with Crippen molar-refractivity contribution in [2.45, 2.75) is 19.0 Å². The van der Waals surface area contributed by atoms with Gasteiger partial charge in [-0.3, -0.25) is 14.5 Å². The standard InChI is InChI=1S/C16H20ClN3O2/c1-18-16(22)12-6-15(21)20(8-12)14-9-19(10-14)7-11-3-2-4-13(17)5-11/h2-5,12,14H,6-10H2,1H3,(H,18,22). The third kappa shape index (κ3) is 3.10. The average Bonchev–Trinajstić information content (AvgIpc) is 2.83. The van der Waals surface area contributed by atoms with E-state index in [2.05, 4.69) is 16.3 Å². The van der Waals surface area contributed by atoms with Gasteiger partial charge in [-0.2, -0.15) is 0 Å². The Labute approximate surface area is 135 Å². The minimum Gasteiger partial charge on any atom is -0.359 e. The second kappa shape index (κ2) is 6.26. The van der Waals surface area contributed by atoms with Gasteiger partial charge in [0.05, 0.1) is 12.0 Å². The predicted octanol–water partition coefficient (Wildman–Crippen LogP) is 1.12. The van der Waals surface area contributed by atoms with Crippen LogP contribution in [0.5, 0.6) is 0 Å². The van der Waals surface area contributed by atoms with Gasteiger partial charge in [0.1, 0.15) is 0 Å². The molecule has 1 N–H and O–H groups in total. The average molecular weight is 322 g/mol. The lowest BCUT2D eigenvalue weighted by Crippen LogP contribution is -2.59. The molecule has 1 atom stereocenters. The molecule has 2 saturated heterocycles. The molecule has 1 aromatic rings. The normalized spacial score (nSPS) is 22.7. The Bertz CT molecular complexity index is 587. The summed E-state index contributed by atoms with van der Waals surface area (Å²) >= 11 is 5.99. The number of nitrogens with one attached hydrogen (secondary N) is 1.